The van der Waals surface area contributed by atoms with Crippen molar-refractivity contribution in [1.29, 1.82) is 0 Å². The number of urea groups is 1. The topological polar surface area (TPSA) is 100 Å². The number of nitrogens with two attached hydrogens (primary N) is 1. The van der Waals surface area contributed by atoms with E-state index in [0.29, 0.717) is 22.3 Å². The first-order valence-electron chi connectivity index (χ1n) is 9.78. The van der Waals surface area contributed by atoms with Gasteiger partial charge in [-0.1, -0.05) is 41.6 Å². The van der Waals surface area contributed by atoms with E-state index < -0.39 is 5.91 Å². The summed E-state index contributed by atoms with van der Waals surface area (Å²) in [5.41, 5.74) is 8.16. The Kier molecular flexibility index (Phi) is 7.91. The van der Waals surface area contributed by atoms with Crippen LogP contribution in [0.5, 0.6) is 0 Å². The van der Waals surface area contributed by atoms with Gasteiger partial charge in [-0.2, -0.15) is 4.37 Å². The molecular formula is C20H27N5O2S2. The molecule has 0 spiro atoms. The molecule has 0 atom stereocenters. The van der Waals surface area contributed by atoms with Crippen molar-refractivity contribution in [3.8, 4) is 0 Å². The maximum absolute atomic E-state index is 12.2. The molecule has 2 aromatic rings. The standard InChI is InChI=1S/C20H27N5O2S2/c1-14-6-4-7-15(12-14)13-28-19-16(17(21)26)18(29-24-19)23-20(27)22-8-5-11-25-9-2-3-10-25/h4,6-7,12H,2-3,5,8-11,13H2,1H3,(H2,21,26)(H2,22,23,27). The van der Waals surface area contributed by atoms with Crippen LogP contribution in [0.1, 0.15) is 40.7 Å². The lowest BCUT2D eigenvalue weighted by Crippen LogP contribution is -2.32. The Hall–Kier alpha value is -2.10. The summed E-state index contributed by atoms with van der Waals surface area (Å²) < 4.78 is 4.33. The van der Waals surface area contributed by atoms with E-state index >= 15 is 0 Å². The molecule has 4 N–H and O–H groups in total. The van der Waals surface area contributed by atoms with Gasteiger partial charge in [0.1, 0.15) is 15.6 Å². The number of carbonyl (C=O) groups excluding carboxylic acids is 2. The molecule has 0 aliphatic carbocycles. The molecule has 1 aromatic heterocycles. The van der Waals surface area contributed by atoms with E-state index in [-0.39, 0.29) is 11.6 Å². The van der Waals surface area contributed by atoms with E-state index in [4.69, 9.17) is 5.73 Å². The highest BCUT2D eigenvalue weighted by molar-refractivity contribution is 7.98. The lowest BCUT2D eigenvalue weighted by molar-refractivity contribution is 0.0998. The largest absolute Gasteiger partial charge is 0.365 e. The molecule has 0 saturated carbocycles. The van der Waals surface area contributed by atoms with Gasteiger partial charge in [0.15, 0.2) is 0 Å². The fourth-order valence-electron chi connectivity index (χ4n) is 3.29. The van der Waals surface area contributed by atoms with Gasteiger partial charge in [0, 0.05) is 12.3 Å². The van der Waals surface area contributed by atoms with E-state index in [1.54, 1.807) is 0 Å². The predicted molar refractivity (Wildman–Crippen MR) is 119 cm³/mol. The Balaban J connectivity index is 1.52. The second-order valence-corrected chi connectivity index (χ2v) is 8.85. The highest BCUT2D eigenvalue weighted by Gasteiger charge is 2.21. The van der Waals surface area contributed by atoms with Gasteiger partial charge < -0.3 is 16.0 Å². The zero-order valence-electron chi connectivity index (χ0n) is 16.6. The lowest BCUT2D eigenvalue weighted by Gasteiger charge is -2.14. The molecule has 3 amide bonds. The van der Waals surface area contributed by atoms with Crippen molar-refractivity contribution in [2.75, 3.05) is 31.5 Å². The molecule has 1 fully saturated rings. The minimum Gasteiger partial charge on any atom is -0.365 e. The van der Waals surface area contributed by atoms with Crippen LogP contribution in [-0.4, -0.2) is 47.4 Å². The first kappa shape index (κ1) is 21.6. The molecule has 0 bridgehead atoms. The third kappa shape index (κ3) is 6.45. The van der Waals surface area contributed by atoms with Gasteiger partial charge in [-0.25, -0.2) is 4.79 Å². The smallest absolute Gasteiger partial charge is 0.319 e. The lowest BCUT2D eigenvalue weighted by atomic mass is 10.2. The third-order valence-corrected chi connectivity index (χ3v) is 6.65. The van der Waals surface area contributed by atoms with Gasteiger partial charge >= 0.3 is 6.03 Å². The van der Waals surface area contributed by atoms with Crippen LogP contribution in [0, 0.1) is 6.92 Å². The number of carbonyl (C=O) groups is 2. The number of thioether (sulfide) groups is 1. The van der Waals surface area contributed by atoms with Crippen molar-refractivity contribution in [2.24, 2.45) is 5.73 Å². The van der Waals surface area contributed by atoms with Crippen LogP contribution in [0.3, 0.4) is 0 Å². The summed E-state index contributed by atoms with van der Waals surface area (Å²) in [4.78, 5) is 26.6. The third-order valence-electron chi connectivity index (χ3n) is 4.73. The second kappa shape index (κ2) is 10.6. The van der Waals surface area contributed by atoms with Crippen LogP contribution in [0.15, 0.2) is 29.3 Å². The van der Waals surface area contributed by atoms with Crippen molar-refractivity contribution in [2.45, 2.75) is 37.0 Å². The monoisotopic (exact) mass is 433 g/mol. The first-order chi connectivity index (χ1) is 14.0. The van der Waals surface area contributed by atoms with Crippen molar-refractivity contribution >= 4 is 40.2 Å². The van der Waals surface area contributed by atoms with E-state index in [0.717, 1.165) is 43.2 Å². The van der Waals surface area contributed by atoms with Crippen molar-refractivity contribution in [1.82, 2.24) is 14.6 Å². The Morgan fingerprint density at radius 3 is 2.83 bits per heavy atom. The summed E-state index contributed by atoms with van der Waals surface area (Å²) in [6, 6.07) is 7.83. The minimum absolute atomic E-state index is 0.278. The van der Waals surface area contributed by atoms with Crippen molar-refractivity contribution in [3.05, 3.63) is 41.0 Å². The number of rotatable bonds is 9. The fraction of sp³-hybridized carbons (Fsp3) is 0.450. The predicted octanol–water partition coefficient (Wildman–Crippen LogP) is 3.45. The molecule has 9 heteroatoms. The first-order valence-corrected chi connectivity index (χ1v) is 11.5. The number of aromatic nitrogens is 1. The van der Waals surface area contributed by atoms with Gasteiger partial charge in [-0.15, -0.1) is 0 Å². The molecule has 1 aromatic carbocycles. The highest BCUT2D eigenvalue weighted by Crippen LogP contribution is 2.33. The molecule has 0 unspecified atom stereocenters. The molecular weight excluding hydrogens is 406 g/mol. The molecule has 2 heterocycles. The molecule has 0 radical (unpaired) electrons. The van der Waals surface area contributed by atoms with Gasteiger partial charge in [0.2, 0.25) is 0 Å². The average molecular weight is 434 g/mol. The summed E-state index contributed by atoms with van der Waals surface area (Å²) in [6.07, 6.45) is 3.43. The Morgan fingerprint density at radius 1 is 1.31 bits per heavy atom. The molecule has 3 rings (SSSR count). The van der Waals surface area contributed by atoms with Gasteiger partial charge in [0.05, 0.1) is 0 Å². The van der Waals surface area contributed by atoms with Crippen LogP contribution in [0.2, 0.25) is 0 Å². The Morgan fingerprint density at radius 2 is 2.10 bits per heavy atom. The number of benzene rings is 1. The molecule has 7 nitrogen and oxygen atoms in total. The quantitative estimate of drug-likeness (QED) is 0.415. The highest BCUT2D eigenvalue weighted by atomic mass is 32.2. The van der Waals surface area contributed by atoms with Crippen LogP contribution in [-0.2, 0) is 5.75 Å². The molecule has 1 aliphatic heterocycles. The summed E-state index contributed by atoms with van der Waals surface area (Å²) >= 11 is 2.52. The zero-order chi connectivity index (χ0) is 20.6. The van der Waals surface area contributed by atoms with Crippen LogP contribution in [0.25, 0.3) is 0 Å². The van der Waals surface area contributed by atoms with Crippen LogP contribution >= 0.6 is 23.3 Å². The number of hydrogen-bond acceptors (Lipinski definition) is 6. The fourth-order valence-corrected chi connectivity index (χ4v) is 5.20. The van der Waals surface area contributed by atoms with E-state index in [2.05, 4.69) is 26.0 Å². The molecule has 156 valence electrons. The summed E-state index contributed by atoms with van der Waals surface area (Å²) in [6.45, 7) is 5.92. The van der Waals surface area contributed by atoms with Crippen LogP contribution < -0.4 is 16.4 Å². The van der Waals surface area contributed by atoms with Crippen molar-refractivity contribution < 1.29 is 9.59 Å². The normalized spacial score (nSPS) is 14.1. The van der Waals surface area contributed by atoms with E-state index in [1.165, 1.54) is 30.2 Å². The summed E-state index contributed by atoms with van der Waals surface area (Å²) in [7, 11) is 0. The van der Waals surface area contributed by atoms with E-state index in [1.807, 2.05) is 25.1 Å². The number of hydrogen-bond donors (Lipinski definition) is 3. The number of anilines is 1. The number of nitrogens with zero attached hydrogens (tertiary/aromatic N) is 2. The minimum atomic E-state index is -0.588. The summed E-state index contributed by atoms with van der Waals surface area (Å²) in [5, 5.41) is 6.50. The average Bonchev–Trinajstić information content (AvgIpc) is 3.33. The van der Waals surface area contributed by atoms with Crippen molar-refractivity contribution in [3.63, 3.8) is 0 Å². The van der Waals surface area contributed by atoms with E-state index in [9.17, 15) is 9.59 Å². The molecule has 1 aliphatic rings. The number of primary amides is 1. The second-order valence-electron chi connectivity index (χ2n) is 7.12. The maximum atomic E-state index is 12.2. The Bertz CT molecular complexity index is 849. The molecule has 1 saturated heterocycles. The SMILES string of the molecule is Cc1cccc(CSc2nsc(NC(=O)NCCCN3CCCC3)c2C(N)=O)c1. The summed E-state index contributed by atoms with van der Waals surface area (Å²) in [5.74, 6) is 0.0863. The van der Waals surface area contributed by atoms with Gasteiger partial charge in [-0.3, -0.25) is 10.1 Å². The number of amides is 3. The Labute approximate surface area is 179 Å². The number of aryl methyl sites for hydroxylation is 1. The zero-order valence-corrected chi connectivity index (χ0v) is 18.2. The molecule has 29 heavy (non-hydrogen) atoms. The van der Waals surface area contributed by atoms with Gasteiger partial charge in [-0.05, 0) is 62.9 Å². The maximum Gasteiger partial charge on any atom is 0.319 e. The number of nitrogens with one attached hydrogen (secondary N) is 2. The van der Waals surface area contributed by atoms with Gasteiger partial charge in [0.25, 0.3) is 5.91 Å². The van der Waals surface area contributed by atoms with Crippen LogP contribution in [0.4, 0.5) is 9.80 Å². The number of likely N-dealkylation sites (tertiary alicyclic amines) is 1.